The van der Waals surface area contributed by atoms with E-state index in [2.05, 4.69) is 17.6 Å². The van der Waals surface area contributed by atoms with Crippen molar-refractivity contribution in [2.45, 2.75) is 33.7 Å². The Balaban J connectivity index is 2.67. The molecule has 2 N–H and O–H groups in total. The summed E-state index contributed by atoms with van der Waals surface area (Å²) in [5.74, 6) is -0.0301. The molecule has 0 atom stereocenters. The van der Waals surface area contributed by atoms with E-state index < -0.39 is 0 Å². The predicted octanol–water partition coefficient (Wildman–Crippen LogP) is 3.09. The van der Waals surface area contributed by atoms with Crippen molar-refractivity contribution in [3.63, 3.8) is 0 Å². The van der Waals surface area contributed by atoms with Crippen molar-refractivity contribution in [2.75, 3.05) is 11.9 Å². The van der Waals surface area contributed by atoms with Crippen LogP contribution in [0.2, 0.25) is 0 Å². The number of amides is 1. The van der Waals surface area contributed by atoms with Crippen molar-refractivity contribution in [1.29, 1.82) is 0 Å². The lowest BCUT2D eigenvalue weighted by atomic mass is 10.2. The minimum atomic E-state index is -0.0301. The predicted molar refractivity (Wildman–Crippen MR) is 76.5 cm³/mol. The van der Waals surface area contributed by atoms with Gasteiger partial charge in [0.25, 0.3) is 5.91 Å². The van der Waals surface area contributed by atoms with Crippen LogP contribution in [0, 0.1) is 0 Å². The Bertz CT molecular complexity index is 424. The molecule has 0 bridgehead atoms. The van der Waals surface area contributed by atoms with Crippen LogP contribution in [-0.2, 0) is 11.3 Å². The van der Waals surface area contributed by atoms with E-state index in [-0.39, 0.29) is 5.91 Å². The molecule has 0 aliphatic rings. The van der Waals surface area contributed by atoms with Gasteiger partial charge in [0, 0.05) is 17.8 Å². The summed E-state index contributed by atoms with van der Waals surface area (Å²) in [7, 11) is 0. The highest BCUT2D eigenvalue weighted by molar-refractivity contribution is 6.03. The van der Waals surface area contributed by atoms with Crippen molar-refractivity contribution in [2.24, 2.45) is 0 Å². The quantitative estimate of drug-likeness (QED) is 0.757. The van der Waals surface area contributed by atoms with Crippen LogP contribution in [0.3, 0.4) is 0 Å². The van der Waals surface area contributed by atoms with Gasteiger partial charge in [0.15, 0.2) is 0 Å². The summed E-state index contributed by atoms with van der Waals surface area (Å²) in [5.41, 5.74) is 2.78. The number of carbonyl (C=O) groups is 1. The standard InChI is InChI=1S/C15H22N2O/c1-4-7-12(3)15(18)17-14-9-6-8-13(10-14)11-16-5-2/h6-10,16H,4-5,11H2,1-3H3,(H,17,18)/b12-7+. The van der Waals surface area contributed by atoms with Crippen LogP contribution in [-0.4, -0.2) is 12.5 Å². The molecule has 3 heteroatoms. The Morgan fingerprint density at radius 1 is 1.33 bits per heavy atom. The summed E-state index contributed by atoms with van der Waals surface area (Å²) in [6.07, 6.45) is 2.80. The van der Waals surface area contributed by atoms with Gasteiger partial charge in [0.2, 0.25) is 0 Å². The highest BCUT2D eigenvalue weighted by Gasteiger charge is 2.04. The summed E-state index contributed by atoms with van der Waals surface area (Å²) < 4.78 is 0. The summed E-state index contributed by atoms with van der Waals surface area (Å²) >= 11 is 0. The van der Waals surface area contributed by atoms with E-state index in [0.717, 1.165) is 30.8 Å². The lowest BCUT2D eigenvalue weighted by Crippen LogP contribution is -2.14. The molecule has 0 heterocycles. The summed E-state index contributed by atoms with van der Waals surface area (Å²) in [5, 5.41) is 6.17. The normalized spacial score (nSPS) is 11.4. The monoisotopic (exact) mass is 246 g/mol. The molecule has 0 aliphatic heterocycles. The van der Waals surface area contributed by atoms with Crippen molar-refractivity contribution in [3.8, 4) is 0 Å². The van der Waals surface area contributed by atoms with E-state index in [1.54, 1.807) is 0 Å². The summed E-state index contributed by atoms with van der Waals surface area (Å²) in [6, 6.07) is 7.92. The first-order valence-corrected chi connectivity index (χ1v) is 6.45. The van der Waals surface area contributed by atoms with Gasteiger partial charge in [-0.1, -0.05) is 32.1 Å². The molecule has 98 valence electrons. The van der Waals surface area contributed by atoms with E-state index in [1.807, 2.05) is 44.2 Å². The molecule has 3 nitrogen and oxygen atoms in total. The molecule has 1 aromatic carbocycles. The average molecular weight is 246 g/mol. The van der Waals surface area contributed by atoms with Gasteiger partial charge in [-0.15, -0.1) is 0 Å². The molecule has 0 unspecified atom stereocenters. The Morgan fingerprint density at radius 2 is 2.11 bits per heavy atom. The lowest BCUT2D eigenvalue weighted by molar-refractivity contribution is -0.112. The zero-order chi connectivity index (χ0) is 13.4. The topological polar surface area (TPSA) is 41.1 Å². The summed E-state index contributed by atoms with van der Waals surface area (Å²) in [4.78, 5) is 11.8. The molecule has 0 radical (unpaired) electrons. The number of rotatable bonds is 6. The van der Waals surface area contributed by atoms with Crippen molar-refractivity contribution in [3.05, 3.63) is 41.5 Å². The third kappa shape index (κ3) is 4.72. The van der Waals surface area contributed by atoms with Gasteiger partial charge < -0.3 is 10.6 Å². The number of nitrogens with one attached hydrogen (secondary N) is 2. The molecule has 0 saturated heterocycles. The number of hydrogen-bond donors (Lipinski definition) is 2. The number of anilines is 1. The lowest BCUT2D eigenvalue weighted by Gasteiger charge is -2.08. The fourth-order valence-electron chi connectivity index (χ4n) is 1.66. The number of carbonyl (C=O) groups excluding carboxylic acids is 1. The maximum Gasteiger partial charge on any atom is 0.250 e. The van der Waals surface area contributed by atoms with E-state index in [9.17, 15) is 4.79 Å². The second kappa shape index (κ2) is 7.67. The second-order valence-electron chi connectivity index (χ2n) is 4.23. The van der Waals surface area contributed by atoms with Crippen molar-refractivity contribution >= 4 is 11.6 Å². The van der Waals surface area contributed by atoms with Gasteiger partial charge in [-0.3, -0.25) is 4.79 Å². The number of benzene rings is 1. The Morgan fingerprint density at radius 3 is 2.78 bits per heavy atom. The van der Waals surface area contributed by atoms with Crippen LogP contribution >= 0.6 is 0 Å². The van der Waals surface area contributed by atoms with Crippen LogP contribution in [0.1, 0.15) is 32.8 Å². The average Bonchev–Trinajstić information content (AvgIpc) is 2.37. The van der Waals surface area contributed by atoms with Gasteiger partial charge >= 0.3 is 0 Å². The van der Waals surface area contributed by atoms with Gasteiger partial charge in [-0.25, -0.2) is 0 Å². The fraction of sp³-hybridized carbons (Fsp3) is 0.400. The van der Waals surface area contributed by atoms with E-state index >= 15 is 0 Å². The van der Waals surface area contributed by atoms with Crippen LogP contribution in [0.15, 0.2) is 35.9 Å². The van der Waals surface area contributed by atoms with E-state index in [1.165, 1.54) is 5.56 Å². The molecule has 1 aromatic rings. The largest absolute Gasteiger partial charge is 0.322 e. The molecule has 0 aliphatic carbocycles. The fourth-order valence-corrected chi connectivity index (χ4v) is 1.66. The molecule has 0 fully saturated rings. The van der Waals surface area contributed by atoms with E-state index in [4.69, 9.17) is 0 Å². The summed E-state index contributed by atoms with van der Waals surface area (Å²) in [6.45, 7) is 7.69. The van der Waals surface area contributed by atoms with Crippen LogP contribution in [0.25, 0.3) is 0 Å². The molecular weight excluding hydrogens is 224 g/mol. The first kappa shape index (κ1) is 14.5. The number of allylic oxidation sites excluding steroid dienone is 1. The molecular formula is C15H22N2O. The maximum atomic E-state index is 11.8. The SMILES string of the molecule is CC/C=C(\C)C(=O)Nc1cccc(CNCC)c1. The Hall–Kier alpha value is -1.61. The van der Waals surface area contributed by atoms with Crippen molar-refractivity contribution < 1.29 is 4.79 Å². The highest BCUT2D eigenvalue weighted by atomic mass is 16.1. The molecule has 1 rings (SSSR count). The van der Waals surface area contributed by atoms with Crippen LogP contribution in [0.5, 0.6) is 0 Å². The smallest absolute Gasteiger partial charge is 0.250 e. The minimum Gasteiger partial charge on any atom is -0.322 e. The Labute approximate surface area is 109 Å². The van der Waals surface area contributed by atoms with E-state index in [0.29, 0.717) is 0 Å². The maximum absolute atomic E-state index is 11.8. The third-order valence-corrected chi connectivity index (χ3v) is 2.63. The Kier molecular flexibility index (Phi) is 6.15. The van der Waals surface area contributed by atoms with Gasteiger partial charge in [0.1, 0.15) is 0 Å². The van der Waals surface area contributed by atoms with Gasteiger partial charge in [-0.05, 0) is 37.6 Å². The second-order valence-corrected chi connectivity index (χ2v) is 4.23. The highest BCUT2D eigenvalue weighted by Crippen LogP contribution is 2.12. The van der Waals surface area contributed by atoms with Gasteiger partial charge in [-0.2, -0.15) is 0 Å². The van der Waals surface area contributed by atoms with Gasteiger partial charge in [0.05, 0.1) is 0 Å². The first-order chi connectivity index (χ1) is 8.67. The third-order valence-electron chi connectivity index (χ3n) is 2.63. The zero-order valence-electron chi connectivity index (χ0n) is 11.4. The van der Waals surface area contributed by atoms with Crippen LogP contribution < -0.4 is 10.6 Å². The number of hydrogen-bond acceptors (Lipinski definition) is 2. The molecule has 0 aromatic heterocycles. The molecule has 0 spiro atoms. The molecule has 1 amide bonds. The van der Waals surface area contributed by atoms with Crippen LogP contribution in [0.4, 0.5) is 5.69 Å². The van der Waals surface area contributed by atoms with Crippen molar-refractivity contribution in [1.82, 2.24) is 5.32 Å². The zero-order valence-corrected chi connectivity index (χ0v) is 11.4. The minimum absolute atomic E-state index is 0.0301. The molecule has 0 saturated carbocycles. The molecule has 18 heavy (non-hydrogen) atoms. The first-order valence-electron chi connectivity index (χ1n) is 6.45.